The topological polar surface area (TPSA) is 113 Å². The Balaban J connectivity index is 1.35. The maximum atomic E-state index is 12.5. The summed E-state index contributed by atoms with van der Waals surface area (Å²) in [5.41, 5.74) is 1.02. The maximum absolute atomic E-state index is 12.5. The molecule has 1 N–H and O–H groups in total. The van der Waals surface area contributed by atoms with E-state index in [-0.39, 0.29) is 36.1 Å². The number of amides is 4. The zero-order valence-corrected chi connectivity index (χ0v) is 15.8. The van der Waals surface area contributed by atoms with Crippen molar-refractivity contribution in [3.63, 3.8) is 0 Å². The largest absolute Gasteiger partial charge is 0.454 e. The third-order valence-electron chi connectivity index (χ3n) is 5.65. The van der Waals surface area contributed by atoms with E-state index in [0.717, 1.165) is 17.7 Å². The van der Waals surface area contributed by atoms with Crippen LogP contribution in [0.4, 0.5) is 11.4 Å². The van der Waals surface area contributed by atoms with E-state index < -0.39 is 25.0 Å². The van der Waals surface area contributed by atoms with Gasteiger partial charge in [0.15, 0.2) is 6.61 Å². The van der Waals surface area contributed by atoms with Crippen LogP contribution >= 0.6 is 0 Å². The fourth-order valence-electron chi connectivity index (χ4n) is 4.24. The van der Waals surface area contributed by atoms with Crippen molar-refractivity contribution < 1.29 is 28.7 Å². The standard InChI is InChI=1S/C20H21N3O6/c24-16-9-22(15-8-4-3-7-14(15)21-16)17(25)11-29-18(26)10-23-19(27)12-5-1-2-6-13(12)20(23)28/h3-4,7-8,12-13H,1-2,5-6,9-11H2,(H,21,24). The molecule has 9 heteroatoms. The molecule has 1 aromatic carbocycles. The average molecular weight is 399 g/mol. The van der Waals surface area contributed by atoms with Crippen LogP contribution in [0.2, 0.25) is 0 Å². The number of carbonyl (C=O) groups is 5. The van der Waals surface area contributed by atoms with Gasteiger partial charge in [0.25, 0.3) is 5.91 Å². The minimum Gasteiger partial charge on any atom is -0.454 e. The second-order valence-corrected chi connectivity index (χ2v) is 7.47. The van der Waals surface area contributed by atoms with E-state index in [0.29, 0.717) is 24.2 Å². The first kappa shape index (κ1) is 19.1. The molecule has 1 aliphatic carbocycles. The van der Waals surface area contributed by atoms with Crippen molar-refractivity contribution in [3.8, 4) is 0 Å². The molecule has 3 aliphatic rings. The molecule has 4 rings (SSSR count). The van der Waals surface area contributed by atoms with Gasteiger partial charge in [-0.2, -0.15) is 0 Å². The quantitative estimate of drug-likeness (QED) is 0.589. The molecule has 0 bridgehead atoms. The summed E-state index contributed by atoms with van der Waals surface area (Å²) < 4.78 is 5.01. The molecule has 2 atom stereocenters. The molecule has 9 nitrogen and oxygen atoms in total. The normalized spacial score (nSPS) is 23.4. The van der Waals surface area contributed by atoms with E-state index in [1.807, 2.05) is 0 Å². The van der Waals surface area contributed by atoms with E-state index in [1.165, 1.54) is 4.90 Å². The van der Waals surface area contributed by atoms with Crippen LogP contribution in [0.1, 0.15) is 25.7 Å². The molecule has 4 amide bonds. The minimum absolute atomic E-state index is 0.181. The summed E-state index contributed by atoms with van der Waals surface area (Å²) in [7, 11) is 0. The SMILES string of the molecule is O=C1CN(C(=O)COC(=O)CN2C(=O)C3CCCCC3C2=O)c2ccccc2N1. The molecule has 0 aromatic heterocycles. The summed E-state index contributed by atoms with van der Waals surface area (Å²) in [6.45, 7) is -1.25. The van der Waals surface area contributed by atoms with Crippen molar-refractivity contribution in [1.82, 2.24) is 4.90 Å². The molecule has 2 aliphatic heterocycles. The Morgan fingerprint density at radius 3 is 2.38 bits per heavy atom. The van der Waals surface area contributed by atoms with E-state index >= 15 is 0 Å². The summed E-state index contributed by atoms with van der Waals surface area (Å²) in [4.78, 5) is 63.5. The number of para-hydroxylation sites is 2. The van der Waals surface area contributed by atoms with E-state index in [9.17, 15) is 24.0 Å². The average Bonchev–Trinajstić information content (AvgIpc) is 2.96. The summed E-state index contributed by atoms with van der Waals surface area (Å²) >= 11 is 0. The number of fused-ring (bicyclic) bond motifs is 2. The number of ether oxygens (including phenoxy) is 1. The summed E-state index contributed by atoms with van der Waals surface area (Å²) in [6, 6.07) is 6.81. The van der Waals surface area contributed by atoms with Gasteiger partial charge in [-0.3, -0.25) is 33.8 Å². The number of nitrogens with zero attached hydrogens (tertiary/aromatic N) is 2. The molecule has 1 aromatic rings. The number of esters is 1. The van der Waals surface area contributed by atoms with E-state index in [2.05, 4.69) is 5.32 Å². The highest BCUT2D eigenvalue weighted by molar-refractivity contribution is 6.10. The van der Waals surface area contributed by atoms with Crippen molar-refractivity contribution >= 4 is 41.0 Å². The highest BCUT2D eigenvalue weighted by atomic mass is 16.5. The predicted octanol–water partition coefficient (Wildman–Crippen LogP) is 0.690. The lowest BCUT2D eigenvalue weighted by atomic mass is 9.81. The predicted molar refractivity (Wildman–Crippen MR) is 101 cm³/mol. The van der Waals surface area contributed by atoms with Crippen LogP contribution in [-0.2, 0) is 28.7 Å². The second-order valence-electron chi connectivity index (χ2n) is 7.47. The first-order valence-electron chi connectivity index (χ1n) is 9.66. The summed E-state index contributed by atoms with van der Waals surface area (Å²) in [5.74, 6) is -3.07. The smallest absolute Gasteiger partial charge is 0.326 e. The van der Waals surface area contributed by atoms with Gasteiger partial charge in [0, 0.05) is 0 Å². The summed E-state index contributed by atoms with van der Waals surface area (Å²) in [6.07, 6.45) is 3.13. The van der Waals surface area contributed by atoms with Crippen LogP contribution in [0.3, 0.4) is 0 Å². The highest BCUT2D eigenvalue weighted by Gasteiger charge is 2.48. The maximum Gasteiger partial charge on any atom is 0.326 e. The fourth-order valence-corrected chi connectivity index (χ4v) is 4.24. The van der Waals surface area contributed by atoms with Crippen molar-refractivity contribution in [2.24, 2.45) is 11.8 Å². The molecule has 0 spiro atoms. The molecular formula is C20H21N3O6. The number of likely N-dealkylation sites (tertiary alicyclic amines) is 1. The lowest BCUT2D eigenvalue weighted by molar-refractivity contribution is -0.154. The number of anilines is 2. The molecule has 1 saturated carbocycles. The van der Waals surface area contributed by atoms with Gasteiger partial charge in [-0.1, -0.05) is 25.0 Å². The Bertz CT molecular complexity index is 874. The van der Waals surface area contributed by atoms with Gasteiger partial charge in [-0.15, -0.1) is 0 Å². The molecule has 2 fully saturated rings. The zero-order valence-electron chi connectivity index (χ0n) is 15.8. The van der Waals surface area contributed by atoms with Gasteiger partial charge in [-0.05, 0) is 25.0 Å². The van der Waals surface area contributed by atoms with Gasteiger partial charge in [0.05, 0.1) is 23.2 Å². The first-order chi connectivity index (χ1) is 14.0. The van der Waals surface area contributed by atoms with Crippen LogP contribution in [0.15, 0.2) is 24.3 Å². The van der Waals surface area contributed by atoms with Gasteiger partial charge < -0.3 is 10.1 Å². The first-order valence-corrected chi connectivity index (χ1v) is 9.66. The minimum atomic E-state index is -0.826. The van der Waals surface area contributed by atoms with Crippen LogP contribution in [0, 0.1) is 11.8 Å². The Morgan fingerprint density at radius 1 is 1.03 bits per heavy atom. The van der Waals surface area contributed by atoms with Gasteiger partial charge in [0.1, 0.15) is 13.1 Å². The van der Waals surface area contributed by atoms with Crippen LogP contribution < -0.4 is 10.2 Å². The lowest BCUT2D eigenvalue weighted by Gasteiger charge is -2.28. The number of nitrogens with one attached hydrogen (secondary N) is 1. The molecule has 1 saturated heterocycles. The van der Waals surface area contributed by atoms with Crippen LogP contribution in [0.25, 0.3) is 0 Å². The summed E-state index contributed by atoms with van der Waals surface area (Å²) in [5, 5.41) is 2.67. The van der Waals surface area contributed by atoms with Crippen molar-refractivity contribution in [2.75, 3.05) is 29.9 Å². The molecule has 29 heavy (non-hydrogen) atoms. The molecular weight excluding hydrogens is 378 g/mol. The van der Waals surface area contributed by atoms with Crippen LogP contribution in [0.5, 0.6) is 0 Å². The monoisotopic (exact) mass is 399 g/mol. The van der Waals surface area contributed by atoms with Gasteiger partial charge in [-0.25, -0.2) is 0 Å². The van der Waals surface area contributed by atoms with E-state index in [4.69, 9.17) is 4.74 Å². The van der Waals surface area contributed by atoms with Crippen molar-refractivity contribution in [3.05, 3.63) is 24.3 Å². The number of benzene rings is 1. The Hall–Kier alpha value is -3.23. The number of rotatable bonds is 4. The van der Waals surface area contributed by atoms with Gasteiger partial charge in [0.2, 0.25) is 17.7 Å². The number of imide groups is 1. The van der Waals surface area contributed by atoms with Gasteiger partial charge >= 0.3 is 5.97 Å². The Labute approximate surface area is 167 Å². The Morgan fingerprint density at radius 2 is 1.69 bits per heavy atom. The van der Waals surface area contributed by atoms with E-state index in [1.54, 1.807) is 24.3 Å². The number of carbonyl (C=O) groups excluding carboxylic acids is 5. The zero-order chi connectivity index (χ0) is 20.5. The third-order valence-corrected chi connectivity index (χ3v) is 5.65. The molecule has 2 heterocycles. The van der Waals surface area contributed by atoms with Crippen molar-refractivity contribution in [1.29, 1.82) is 0 Å². The second kappa shape index (κ2) is 7.65. The Kier molecular flexibility index (Phi) is 5.04. The third kappa shape index (κ3) is 3.59. The van der Waals surface area contributed by atoms with Crippen LogP contribution in [-0.4, -0.2) is 54.2 Å². The molecule has 152 valence electrons. The fraction of sp³-hybridized carbons (Fsp3) is 0.450. The molecule has 0 radical (unpaired) electrons. The number of hydrogen-bond acceptors (Lipinski definition) is 6. The number of hydrogen-bond donors (Lipinski definition) is 1. The lowest BCUT2D eigenvalue weighted by Crippen LogP contribution is -2.44. The highest BCUT2D eigenvalue weighted by Crippen LogP contribution is 2.37. The molecule has 2 unspecified atom stereocenters. The van der Waals surface area contributed by atoms with Crippen molar-refractivity contribution in [2.45, 2.75) is 25.7 Å².